The van der Waals surface area contributed by atoms with Crippen LogP contribution in [0.5, 0.6) is 11.5 Å². The summed E-state index contributed by atoms with van der Waals surface area (Å²) in [5, 5.41) is 20.1. The Morgan fingerprint density at radius 3 is 2.43 bits per heavy atom. The first-order valence-electron chi connectivity index (χ1n) is 8.42. The van der Waals surface area contributed by atoms with Crippen molar-refractivity contribution in [2.75, 3.05) is 0 Å². The first kappa shape index (κ1) is 18.2. The van der Waals surface area contributed by atoms with Gasteiger partial charge in [0.05, 0.1) is 20.8 Å². The van der Waals surface area contributed by atoms with E-state index in [2.05, 4.69) is 4.98 Å². The minimum absolute atomic E-state index is 0.00191. The van der Waals surface area contributed by atoms with E-state index in [0.29, 0.717) is 21.7 Å². The largest absolute Gasteiger partial charge is 0.504 e. The number of thiazole rings is 1. The van der Waals surface area contributed by atoms with Crippen molar-refractivity contribution < 1.29 is 15.0 Å². The number of hydrogen-bond acceptors (Lipinski definition) is 5. The van der Waals surface area contributed by atoms with Gasteiger partial charge in [0.2, 0.25) is 0 Å². The van der Waals surface area contributed by atoms with Gasteiger partial charge < -0.3 is 10.2 Å². The zero-order valence-corrected chi connectivity index (χ0v) is 16.0. The molecule has 0 bridgehead atoms. The van der Waals surface area contributed by atoms with Gasteiger partial charge in [-0.15, -0.1) is 11.3 Å². The molecule has 3 aromatic carbocycles. The Balaban J connectivity index is 1.89. The molecule has 0 saturated carbocycles. The van der Waals surface area contributed by atoms with Gasteiger partial charge in [0, 0.05) is 5.56 Å². The van der Waals surface area contributed by atoms with Crippen LogP contribution in [0.25, 0.3) is 21.9 Å². The standard InChI is InChI=1S/C22H14ClNO3S/c23-16-11-13(12-18(25)21(16)27)10-15(20(26)14-6-2-1-3-7-14)22-24-17-8-4-5-9-19(17)28-22/h1-12,25,27H/b15-10-. The van der Waals surface area contributed by atoms with Crippen LogP contribution in [0.4, 0.5) is 0 Å². The third kappa shape index (κ3) is 3.50. The van der Waals surface area contributed by atoms with Crippen molar-refractivity contribution in [3.63, 3.8) is 0 Å². The quantitative estimate of drug-likeness (QED) is 0.255. The van der Waals surface area contributed by atoms with E-state index in [-0.39, 0.29) is 16.6 Å². The highest BCUT2D eigenvalue weighted by Gasteiger charge is 2.19. The molecule has 138 valence electrons. The highest BCUT2D eigenvalue weighted by molar-refractivity contribution is 7.20. The van der Waals surface area contributed by atoms with E-state index in [1.54, 1.807) is 30.3 Å². The van der Waals surface area contributed by atoms with Crippen molar-refractivity contribution in [3.05, 3.63) is 87.9 Å². The number of hydrogen-bond donors (Lipinski definition) is 2. The van der Waals surface area contributed by atoms with Crippen LogP contribution >= 0.6 is 22.9 Å². The average molecular weight is 408 g/mol. The molecule has 28 heavy (non-hydrogen) atoms. The summed E-state index contributed by atoms with van der Waals surface area (Å²) < 4.78 is 0.968. The monoisotopic (exact) mass is 407 g/mol. The number of Topliss-reactive ketones (excluding diaryl/α,β-unsaturated/α-hetero) is 1. The Morgan fingerprint density at radius 1 is 1.00 bits per heavy atom. The van der Waals surface area contributed by atoms with Crippen LogP contribution in [-0.4, -0.2) is 21.0 Å². The van der Waals surface area contributed by atoms with Crippen LogP contribution in [0.2, 0.25) is 5.02 Å². The second kappa shape index (κ2) is 7.46. The Morgan fingerprint density at radius 2 is 1.71 bits per heavy atom. The number of aromatic hydroxyl groups is 2. The molecule has 4 aromatic rings. The third-order valence-electron chi connectivity index (χ3n) is 4.18. The van der Waals surface area contributed by atoms with Crippen LogP contribution in [0, 0.1) is 0 Å². The van der Waals surface area contributed by atoms with E-state index in [4.69, 9.17) is 11.6 Å². The summed E-state index contributed by atoms with van der Waals surface area (Å²) in [6.07, 6.45) is 1.62. The number of phenols is 2. The van der Waals surface area contributed by atoms with Crippen molar-refractivity contribution in [2.24, 2.45) is 0 Å². The van der Waals surface area contributed by atoms with Crippen molar-refractivity contribution >= 4 is 50.6 Å². The van der Waals surface area contributed by atoms with Crippen molar-refractivity contribution in [3.8, 4) is 11.5 Å². The zero-order valence-electron chi connectivity index (χ0n) is 14.5. The molecule has 4 rings (SSSR count). The molecule has 0 atom stereocenters. The number of para-hydroxylation sites is 1. The van der Waals surface area contributed by atoms with Crippen LogP contribution in [0.3, 0.4) is 0 Å². The van der Waals surface area contributed by atoms with Crippen LogP contribution in [-0.2, 0) is 0 Å². The molecule has 0 amide bonds. The van der Waals surface area contributed by atoms with Crippen molar-refractivity contribution in [2.45, 2.75) is 0 Å². The van der Waals surface area contributed by atoms with Gasteiger partial charge in [0.1, 0.15) is 5.01 Å². The molecular formula is C22H14ClNO3S. The van der Waals surface area contributed by atoms with Gasteiger partial charge in [0.25, 0.3) is 0 Å². The molecule has 6 heteroatoms. The summed E-state index contributed by atoms with van der Waals surface area (Å²) in [4.78, 5) is 17.8. The Kier molecular flexibility index (Phi) is 4.86. The molecule has 1 heterocycles. The average Bonchev–Trinajstić information content (AvgIpc) is 3.14. The number of halogens is 1. The molecule has 0 radical (unpaired) electrons. The van der Waals surface area contributed by atoms with Gasteiger partial charge in [-0.1, -0.05) is 54.1 Å². The number of fused-ring (bicyclic) bond motifs is 1. The number of carbonyl (C=O) groups is 1. The van der Waals surface area contributed by atoms with E-state index in [0.717, 1.165) is 10.2 Å². The number of aromatic nitrogens is 1. The number of allylic oxidation sites excluding steroid dienone is 1. The summed E-state index contributed by atoms with van der Waals surface area (Å²) in [5.41, 5.74) is 2.20. The van der Waals surface area contributed by atoms with E-state index >= 15 is 0 Å². The minimum atomic E-state index is -0.394. The van der Waals surface area contributed by atoms with Gasteiger partial charge in [0.15, 0.2) is 17.3 Å². The maximum absolute atomic E-state index is 13.2. The molecule has 0 aliphatic carbocycles. The lowest BCUT2D eigenvalue weighted by atomic mass is 10.0. The number of benzene rings is 3. The number of rotatable bonds is 4. The zero-order chi connectivity index (χ0) is 19.7. The molecule has 0 spiro atoms. The van der Waals surface area contributed by atoms with Crippen molar-refractivity contribution in [1.29, 1.82) is 0 Å². The highest BCUT2D eigenvalue weighted by Crippen LogP contribution is 2.36. The lowest BCUT2D eigenvalue weighted by Gasteiger charge is -2.06. The smallest absolute Gasteiger partial charge is 0.196 e. The fourth-order valence-corrected chi connectivity index (χ4v) is 4.01. The first-order valence-corrected chi connectivity index (χ1v) is 9.61. The fraction of sp³-hybridized carbons (Fsp3) is 0. The fourth-order valence-electron chi connectivity index (χ4n) is 2.81. The molecule has 4 nitrogen and oxygen atoms in total. The van der Waals surface area contributed by atoms with E-state index < -0.39 is 5.75 Å². The van der Waals surface area contributed by atoms with E-state index in [1.165, 1.54) is 23.5 Å². The SMILES string of the molecule is O=C(/C(=C/c1cc(O)c(O)c(Cl)c1)c1nc2ccccc2s1)c1ccccc1. The summed E-state index contributed by atoms with van der Waals surface area (Å²) in [6.45, 7) is 0. The normalized spacial score (nSPS) is 11.7. The van der Waals surface area contributed by atoms with Gasteiger partial charge in [-0.2, -0.15) is 0 Å². The molecule has 0 aliphatic heterocycles. The van der Waals surface area contributed by atoms with Crippen LogP contribution in [0.15, 0.2) is 66.7 Å². The van der Waals surface area contributed by atoms with Crippen LogP contribution in [0.1, 0.15) is 20.9 Å². The van der Waals surface area contributed by atoms with Gasteiger partial charge in [-0.25, -0.2) is 4.98 Å². The molecule has 0 unspecified atom stereocenters. The number of carbonyl (C=O) groups excluding carboxylic acids is 1. The van der Waals surface area contributed by atoms with Gasteiger partial charge in [-0.05, 0) is 35.9 Å². The van der Waals surface area contributed by atoms with E-state index in [1.807, 2.05) is 30.3 Å². The number of ketones is 1. The second-order valence-electron chi connectivity index (χ2n) is 6.11. The molecule has 0 saturated heterocycles. The molecule has 0 aliphatic rings. The van der Waals surface area contributed by atoms with Gasteiger partial charge >= 0.3 is 0 Å². The summed E-state index contributed by atoms with van der Waals surface area (Å²) in [5.74, 6) is -0.937. The summed E-state index contributed by atoms with van der Waals surface area (Å²) in [7, 11) is 0. The number of nitrogens with zero attached hydrogens (tertiary/aromatic N) is 1. The molecule has 2 N–H and O–H groups in total. The minimum Gasteiger partial charge on any atom is -0.504 e. The third-order valence-corrected chi connectivity index (χ3v) is 5.54. The maximum Gasteiger partial charge on any atom is 0.196 e. The predicted molar refractivity (Wildman–Crippen MR) is 113 cm³/mol. The Labute approximate surface area is 170 Å². The molecule has 0 fully saturated rings. The second-order valence-corrected chi connectivity index (χ2v) is 7.55. The lowest BCUT2D eigenvalue weighted by Crippen LogP contribution is -2.02. The maximum atomic E-state index is 13.2. The lowest BCUT2D eigenvalue weighted by molar-refractivity contribution is 0.105. The Bertz CT molecular complexity index is 1160. The predicted octanol–water partition coefficient (Wildman–Crippen LogP) is 5.78. The topological polar surface area (TPSA) is 70.4 Å². The van der Waals surface area contributed by atoms with Gasteiger partial charge in [-0.3, -0.25) is 4.79 Å². The number of phenolic OH excluding ortho intramolecular Hbond substituents is 2. The summed E-state index contributed by atoms with van der Waals surface area (Å²) in [6, 6.07) is 19.4. The first-order chi connectivity index (χ1) is 13.5. The highest BCUT2D eigenvalue weighted by atomic mass is 35.5. The van der Waals surface area contributed by atoms with Crippen molar-refractivity contribution in [1.82, 2.24) is 4.98 Å². The Hall–Kier alpha value is -3.15. The summed E-state index contributed by atoms with van der Waals surface area (Å²) >= 11 is 7.39. The van der Waals surface area contributed by atoms with E-state index in [9.17, 15) is 15.0 Å². The molecule has 1 aromatic heterocycles. The van der Waals surface area contributed by atoms with Crippen LogP contribution < -0.4 is 0 Å². The molecular weight excluding hydrogens is 394 g/mol.